The van der Waals surface area contributed by atoms with Gasteiger partial charge in [0.05, 0.1) is 42.7 Å². The van der Waals surface area contributed by atoms with Gasteiger partial charge in [-0.1, -0.05) is 40.2 Å². The number of fused-ring (bicyclic) bond motifs is 6. The number of phenols is 2. The summed E-state index contributed by atoms with van der Waals surface area (Å²) >= 11 is 0. The van der Waals surface area contributed by atoms with Gasteiger partial charge in [0.25, 0.3) is 11.8 Å². The van der Waals surface area contributed by atoms with E-state index in [-0.39, 0.29) is 102 Å². The normalized spacial score (nSPS) is 14.9. The van der Waals surface area contributed by atoms with Gasteiger partial charge in [-0.05, 0) is 109 Å². The van der Waals surface area contributed by atoms with Gasteiger partial charge in [0.2, 0.25) is 76.8 Å². The number of hydrogen-bond acceptors (Lipinski definition) is 26. The first-order chi connectivity index (χ1) is 60.9. The molecule has 0 bridgehead atoms. The van der Waals surface area contributed by atoms with Crippen LogP contribution in [0.4, 0.5) is 4.79 Å². The van der Waals surface area contributed by atoms with Crippen LogP contribution in [-0.2, 0) is 99.9 Å². The summed E-state index contributed by atoms with van der Waals surface area (Å²) in [7, 11) is 0. The number of ether oxygens (including phenoxy) is 2. The second kappa shape index (κ2) is 46.4. The SMILES string of the molecule is CC[C@H](C)[C@H](NC(=O)NNC(=O)[C@H](C)NC(=O)[C@H](Cc1c[nH]cn1)NC(=O)[C@H](C)NC(=O)[C@H](C)NC(=O)[C@H](Cc1c[nH]cn1)NC(=O)[C@@H](NC(=O)[C@H](C)NC(=O)[C@H](CCC(N)=O)NC(=O)c1ccc2c(c1)C(=O)OC21c2ccc(O)cc2Oc2cc(O)ccc21)C(C)C)C(=O)NCC(=O)N[C@@H](CCC(=O)O)C(=O)N[C@@H](C)C(=O)NCC(=O)N[C@@H](CCCNC(=N)N)C(=O)O. The second-order valence-corrected chi connectivity index (χ2v) is 30.7. The van der Waals surface area contributed by atoms with Gasteiger partial charge in [0, 0.05) is 79.0 Å². The van der Waals surface area contributed by atoms with Crippen LogP contribution in [0.3, 0.4) is 0 Å². The van der Waals surface area contributed by atoms with Gasteiger partial charge in [0.15, 0.2) is 11.6 Å². The summed E-state index contributed by atoms with van der Waals surface area (Å²) in [5.41, 5.74) is 14.3. The third-order valence-corrected chi connectivity index (χ3v) is 20.4. The molecule has 2 aromatic heterocycles. The predicted molar refractivity (Wildman–Crippen MR) is 448 cm³/mol. The molecule has 1 spiro atoms. The van der Waals surface area contributed by atoms with Crippen LogP contribution >= 0.6 is 0 Å². The zero-order chi connectivity index (χ0) is 95.4. The highest BCUT2D eigenvalue weighted by Gasteiger charge is 2.54. The van der Waals surface area contributed by atoms with Gasteiger partial charge < -0.3 is 131 Å². The number of phenolic OH excluding ortho intramolecular Hbond substituents is 2. The van der Waals surface area contributed by atoms with Crippen LogP contribution in [0.5, 0.6) is 23.0 Å². The number of amides is 17. The smallest absolute Gasteiger partial charge is 0.340 e. The van der Waals surface area contributed by atoms with Crippen molar-refractivity contribution in [3.63, 3.8) is 0 Å². The average molecular weight is 1800 g/mol. The van der Waals surface area contributed by atoms with E-state index in [1.165, 1.54) is 114 Å². The Kier molecular flexibility index (Phi) is 36.2. The molecule has 0 saturated carbocycles. The van der Waals surface area contributed by atoms with Gasteiger partial charge in [-0.25, -0.2) is 29.8 Å². The molecule has 17 amide bonds. The Labute approximate surface area is 735 Å². The monoisotopic (exact) mass is 1800 g/mol. The van der Waals surface area contributed by atoms with Crippen molar-refractivity contribution in [1.29, 1.82) is 5.41 Å². The number of carboxylic acids is 2. The number of nitrogens with zero attached hydrogens (tertiary/aromatic N) is 2. The molecular weight excluding hydrogens is 1700 g/mol. The standard InChI is InChI=1S/C80H106N24O25/c1-10-36(4)63(74(122)88-32-59(108)96-51(20-22-61(110)111)70(118)92-37(5)64(112)87-31-60(109)97-53(76(124)125)12-11-23-86-78(82)83)102-79(127)104-103-68(116)41(9)95-72(120)54(25-43-29-84-33-89-43)99-66(114)39(7)91-65(113)38(6)94-73(121)55(26-44-30-85-34-90-44)100-75(123)62(35(2)3)101-67(115)40(8)93-71(119)52(19-21-58(81)107)98-69(117)42-13-16-48-47(24-42)77(126)129-80(48)49-17-14-45(105)27-56(49)128-57-28-46(106)15-18-50(57)80/h13-18,24,27-30,33-41,51-55,62-63,105-106H,10-12,19-23,25-26,31-32H2,1-9H3,(H2,81,107)(H,84,89)(H,85,90)(H,87,112)(H,88,122)(H,91,113)(H,92,118)(H,93,119)(H,94,121)(H,95,120)(H,96,108)(H,97,109)(H,98,117)(H,99,114)(H,100,123)(H,101,115)(H,103,116)(H,110,111)(H,124,125)(H4,82,83,86)(H2,102,104,127)/t36-,37-,38-,39-,40-,41-,51-,52-,53-,54-,55-,62-,63-/m0/s1. The Hall–Kier alpha value is -15.5. The first kappa shape index (κ1) is 101. The van der Waals surface area contributed by atoms with Crippen molar-refractivity contribution in [3.8, 4) is 23.0 Å². The molecular formula is C80H106N24O25. The molecule has 2 aliphatic heterocycles. The Bertz CT molecular complexity index is 4980. The molecule has 5 aromatic rings. The van der Waals surface area contributed by atoms with Crippen LogP contribution in [0.2, 0.25) is 0 Å². The fourth-order valence-corrected chi connectivity index (χ4v) is 13.1. The zero-order valence-electron chi connectivity index (χ0n) is 71.5. The summed E-state index contributed by atoms with van der Waals surface area (Å²) in [6, 6.07) is -6.51. The number of nitrogens with one attached hydrogen (secondary N) is 20. The minimum atomic E-state index is -1.67. The molecule has 0 unspecified atom stereocenters. The third kappa shape index (κ3) is 28.8. The lowest BCUT2D eigenvalue weighted by Crippen LogP contribution is -2.61. The van der Waals surface area contributed by atoms with Crippen molar-refractivity contribution in [3.05, 3.63) is 119 Å². The van der Waals surface area contributed by atoms with Gasteiger partial charge in [-0.2, -0.15) is 0 Å². The van der Waals surface area contributed by atoms with Crippen molar-refractivity contribution in [1.82, 2.24) is 111 Å². The van der Waals surface area contributed by atoms with Crippen LogP contribution in [0, 0.1) is 17.2 Å². The maximum atomic E-state index is 14.3. The number of hydrogen-bond donors (Lipinski definition) is 26. The number of rotatable bonds is 46. The van der Waals surface area contributed by atoms with E-state index in [9.17, 15) is 112 Å². The number of aromatic amines is 2. The predicted octanol–water partition coefficient (Wildman–Crippen LogP) is -5.25. The van der Waals surface area contributed by atoms with Crippen LogP contribution in [-0.4, -0.2) is 251 Å². The maximum Gasteiger partial charge on any atom is 0.340 e. The van der Waals surface area contributed by atoms with Gasteiger partial charge in [0.1, 0.15) is 95.5 Å². The van der Waals surface area contributed by atoms with Crippen LogP contribution in [0.15, 0.2) is 79.6 Å². The largest absolute Gasteiger partial charge is 0.508 e. The van der Waals surface area contributed by atoms with E-state index in [1.807, 2.05) is 0 Å². The van der Waals surface area contributed by atoms with E-state index in [0.717, 1.165) is 0 Å². The summed E-state index contributed by atoms with van der Waals surface area (Å²) in [5.74, 6) is -19.9. The van der Waals surface area contributed by atoms with Crippen molar-refractivity contribution < 1.29 is 121 Å². The molecule has 129 heavy (non-hydrogen) atoms. The molecule has 0 saturated heterocycles. The highest BCUT2D eigenvalue weighted by atomic mass is 16.6. The number of carbonyl (C=O) groups is 19. The summed E-state index contributed by atoms with van der Waals surface area (Å²) in [6.45, 7) is 11.0. The molecule has 49 nitrogen and oxygen atoms in total. The molecule has 0 fully saturated rings. The van der Waals surface area contributed by atoms with E-state index < -0.39 is 235 Å². The van der Waals surface area contributed by atoms with Crippen molar-refractivity contribution in [2.45, 2.75) is 198 Å². The number of aromatic hydroxyl groups is 2. The van der Waals surface area contributed by atoms with Crippen LogP contribution < -0.4 is 107 Å². The van der Waals surface area contributed by atoms with E-state index in [2.05, 4.69) is 111 Å². The molecule has 2 aliphatic rings. The Morgan fingerprint density at radius 1 is 0.481 bits per heavy atom. The first-order valence-corrected chi connectivity index (χ1v) is 40.6. The lowest BCUT2D eigenvalue weighted by atomic mass is 9.77. The second-order valence-electron chi connectivity index (χ2n) is 30.7. The van der Waals surface area contributed by atoms with E-state index in [1.54, 1.807) is 27.7 Å². The fraction of sp³-hybridized carbons (Fsp3) is 0.450. The number of nitrogens with two attached hydrogens (primary N) is 2. The summed E-state index contributed by atoms with van der Waals surface area (Å²) in [4.78, 5) is 267. The first-order valence-electron chi connectivity index (χ1n) is 40.6. The molecule has 3 aromatic carbocycles. The molecule has 4 heterocycles. The number of carboxylic acid groups (broad SMARTS) is 2. The average Bonchev–Trinajstić information content (AvgIpc) is 1.56. The zero-order valence-corrected chi connectivity index (χ0v) is 71.5. The minimum absolute atomic E-state index is 0.0638. The fourth-order valence-electron chi connectivity index (χ4n) is 13.1. The minimum Gasteiger partial charge on any atom is -0.508 e. The molecule has 0 radical (unpaired) electrons. The number of primary amides is 1. The van der Waals surface area contributed by atoms with Gasteiger partial charge >= 0.3 is 23.9 Å². The number of guanidine groups is 1. The maximum absolute atomic E-state index is 14.3. The highest BCUT2D eigenvalue weighted by molar-refractivity contribution is 6.04. The van der Waals surface area contributed by atoms with Crippen molar-refractivity contribution in [2.24, 2.45) is 23.3 Å². The van der Waals surface area contributed by atoms with E-state index >= 15 is 0 Å². The quantitative estimate of drug-likeness (QED) is 0.00569. The van der Waals surface area contributed by atoms with E-state index in [0.29, 0.717) is 11.1 Å². The number of urea groups is 1. The van der Waals surface area contributed by atoms with Gasteiger partial charge in [-0.15, -0.1) is 0 Å². The summed E-state index contributed by atoms with van der Waals surface area (Å²) < 4.78 is 12.1. The third-order valence-electron chi connectivity index (χ3n) is 20.4. The number of aliphatic carboxylic acids is 2. The molecule has 696 valence electrons. The molecule has 49 heteroatoms. The lowest BCUT2D eigenvalue weighted by molar-refractivity contribution is -0.142. The Morgan fingerprint density at radius 3 is 1.44 bits per heavy atom. The topological polar surface area (TPSA) is 761 Å². The van der Waals surface area contributed by atoms with E-state index in [4.69, 9.17) is 26.4 Å². The number of imidazole rings is 2. The Morgan fingerprint density at radius 2 is 0.946 bits per heavy atom. The van der Waals surface area contributed by atoms with Gasteiger partial charge in [-0.3, -0.25) is 87.5 Å². The van der Waals surface area contributed by atoms with Crippen LogP contribution in [0.1, 0.15) is 156 Å². The number of H-pyrrole nitrogens is 2. The Balaban J connectivity index is 0.890. The number of hydrazine groups is 1. The molecule has 0 aliphatic carbocycles. The number of benzene rings is 3. The number of carbonyl (C=O) groups excluding carboxylic acids is 17. The summed E-state index contributed by atoms with van der Waals surface area (Å²) in [5, 5.41) is 82.8. The highest BCUT2D eigenvalue weighted by Crippen LogP contribution is 2.57. The molecule has 28 N–H and O–H groups in total. The van der Waals surface area contributed by atoms with Crippen molar-refractivity contribution >= 4 is 119 Å². The molecule has 7 rings (SSSR count). The van der Waals surface area contributed by atoms with Crippen molar-refractivity contribution in [2.75, 3.05) is 19.6 Å². The summed E-state index contributed by atoms with van der Waals surface area (Å²) in [6.07, 6.45) is 3.18. The number of esters is 1. The van der Waals surface area contributed by atoms with Crippen LogP contribution in [0.25, 0.3) is 0 Å². The lowest BCUT2D eigenvalue weighted by Gasteiger charge is -2.36. The number of aromatic nitrogens is 4. The molecule has 13 atom stereocenters.